The molecule has 0 amide bonds. The van der Waals surface area contributed by atoms with Gasteiger partial charge < -0.3 is 4.90 Å². The molecule has 0 unspecified atom stereocenters. The second-order valence-corrected chi connectivity index (χ2v) is 8.63. The monoisotopic (exact) mass is 407 g/mol. The zero-order valence-electron chi connectivity index (χ0n) is 18.2. The van der Waals surface area contributed by atoms with Crippen LogP contribution in [0.25, 0.3) is 22.5 Å². The molecule has 0 aliphatic carbocycles. The molecule has 1 N–H and O–H groups in total. The van der Waals surface area contributed by atoms with Crippen molar-refractivity contribution in [3.8, 4) is 5.69 Å². The highest BCUT2D eigenvalue weighted by Gasteiger charge is 2.39. The van der Waals surface area contributed by atoms with Gasteiger partial charge >= 0.3 is 0 Å². The van der Waals surface area contributed by atoms with E-state index in [-0.39, 0.29) is 11.0 Å². The van der Waals surface area contributed by atoms with Crippen LogP contribution < -0.4 is 10.5 Å². The van der Waals surface area contributed by atoms with Crippen molar-refractivity contribution in [1.82, 2.24) is 9.78 Å². The van der Waals surface area contributed by atoms with Crippen LogP contribution in [0.4, 0.5) is 5.69 Å². The van der Waals surface area contributed by atoms with E-state index in [4.69, 9.17) is 0 Å². The van der Waals surface area contributed by atoms with E-state index < -0.39 is 0 Å². The molecule has 1 aliphatic heterocycles. The Morgan fingerprint density at radius 3 is 2.45 bits per heavy atom. The molecule has 0 radical (unpaired) electrons. The van der Waals surface area contributed by atoms with Crippen molar-refractivity contribution in [2.75, 3.05) is 11.9 Å². The Labute approximate surface area is 181 Å². The minimum absolute atomic E-state index is 0.0711. The molecule has 154 valence electrons. The third-order valence-corrected chi connectivity index (χ3v) is 6.31. The number of likely N-dealkylation sites (N-methyl/N-ethyl adjacent to an activating group) is 1. The summed E-state index contributed by atoms with van der Waals surface area (Å²) < 4.78 is 1.58. The molecule has 0 saturated carbocycles. The van der Waals surface area contributed by atoms with Gasteiger partial charge in [0, 0.05) is 23.8 Å². The number of fused-ring (bicyclic) bond motifs is 3. The first-order valence-electron chi connectivity index (χ1n) is 10.5. The number of rotatable bonds is 2. The highest BCUT2D eigenvalue weighted by atomic mass is 16.1. The summed E-state index contributed by atoms with van der Waals surface area (Å²) >= 11 is 0. The molecule has 1 aromatic heterocycles. The fraction of sp³-hybridized carbons (Fsp3) is 0.185. The SMILES string of the molecule is Cc1[nH]n(-c2ccccc2)c(=O)c1C=C=C1N(C)c2ccc3ccccc3c2C1(C)C. The number of aromatic amines is 1. The predicted molar refractivity (Wildman–Crippen MR) is 128 cm³/mol. The number of aromatic nitrogens is 2. The van der Waals surface area contributed by atoms with Gasteiger partial charge in [-0.25, -0.2) is 4.68 Å². The summed E-state index contributed by atoms with van der Waals surface area (Å²) in [7, 11) is 2.07. The maximum atomic E-state index is 13.1. The van der Waals surface area contributed by atoms with Crippen molar-refractivity contribution in [2.24, 2.45) is 0 Å². The summed E-state index contributed by atoms with van der Waals surface area (Å²) in [6.45, 7) is 6.37. The standard InChI is InChI=1S/C27H25N3O/c1-18-21(26(31)30(28-18)20-11-6-5-7-12-20)15-17-24-27(2,3)25-22-13-9-8-10-19(22)14-16-23(25)29(24)4/h5-16,28H,1-4H3. The number of hydrogen-bond donors (Lipinski definition) is 1. The van der Waals surface area contributed by atoms with Gasteiger partial charge in [-0.3, -0.25) is 9.89 Å². The van der Waals surface area contributed by atoms with Gasteiger partial charge in [-0.05, 0) is 61.4 Å². The molecule has 0 spiro atoms. The van der Waals surface area contributed by atoms with E-state index in [0.29, 0.717) is 5.56 Å². The van der Waals surface area contributed by atoms with Crippen molar-refractivity contribution in [2.45, 2.75) is 26.2 Å². The lowest BCUT2D eigenvalue weighted by atomic mass is 9.81. The Bertz CT molecular complexity index is 1430. The Morgan fingerprint density at radius 2 is 1.68 bits per heavy atom. The van der Waals surface area contributed by atoms with Crippen molar-refractivity contribution < 1.29 is 0 Å². The Kier molecular flexibility index (Phi) is 4.28. The van der Waals surface area contributed by atoms with Crippen LogP contribution in [0.1, 0.15) is 30.7 Å². The summed E-state index contributed by atoms with van der Waals surface area (Å²) in [6, 6.07) is 22.5. The smallest absolute Gasteiger partial charge is 0.279 e. The topological polar surface area (TPSA) is 41.0 Å². The van der Waals surface area contributed by atoms with Gasteiger partial charge in [0.1, 0.15) is 0 Å². The van der Waals surface area contributed by atoms with Crippen molar-refractivity contribution >= 4 is 22.5 Å². The number of aryl methyl sites for hydroxylation is 1. The van der Waals surface area contributed by atoms with E-state index in [1.165, 1.54) is 22.0 Å². The van der Waals surface area contributed by atoms with E-state index in [9.17, 15) is 4.79 Å². The summed E-state index contributed by atoms with van der Waals surface area (Å²) in [6.07, 6.45) is 1.83. The molecule has 4 aromatic rings. The predicted octanol–water partition coefficient (Wildman–Crippen LogP) is 5.55. The van der Waals surface area contributed by atoms with Crippen LogP contribution in [0.15, 0.2) is 83.0 Å². The molecule has 0 atom stereocenters. The largest absolute Gasteiger partial charge is 0.341 e. The summed E-state index contributed by atoms with van der Waals surface area (Å²) in [5.41, 5.74) is 8.98. The van der Waals surface area contributed by atoms with E-state index >= 15 is 0 Å². The molecule has 4 nitrogen and oxygen atoms in total. The fourth-order valence-electron chi connectivity index (χ4n) is 4.76. The number of nitrogens with zero attached hydrogens (tertiary/aromatic N) is 2. The number of H-pyrrole nitrogens is 1. The first-order valence-corrected chi connectivity index (χ1v) is 10.5. The quantitative estimate of drug-likeness (QED) is 0.443. The highest BCUT2D eigenvalue weighted by molar-refractivity contribution is 5.94. The van der Waals surface area contributed by atoms with E-state index in [2.05, 4.69) is 73.0 Å². The number of anilines is 1. The fourth-order valence-corrected chi connectivity index (χ4v) is 4.76. The third-order valence-electron chi connectivity index (χ3n) is 6.31. The third kappa shape index (κ3) is 2.88. The zero-order chi connectivity index (χ0) is 21.8. The van der Waals surface area contributed by atoms with Crippen molar-refractivity contribution in [1.29, 1.82) is 0 Å². The lowest BCUT2D eigenvalue weighted by molar-refractivity contribution is 0.647. The molecule has 4 heteroatoms. The van der Waals surface area contributed by atoms with Gasteiger partial charge in [-0.15, -0.1) is 0 Å². The minimum Gasteiger partial charge on any atom is -0.341 e. The van der Waals surface area contributed by atoms with E-state index in [0.717, 1.165) is 17.1 Å². The second kappa shape index (κ2) is 6.90. The van der Waals surface area contributed by atoms with Crippen molar-refractivity contribution in [3.63, 3.8) is 0 Å². The lowest BCUT2D eigenvalue weighted by Gasteiger charge is -2.22. The minimum atomic E-state index is -0.232. The number of benzene rings is 3. The molecule has 3 aromatic carbocycles. The van der Waals surface area contributed by atoms with Gasteiger partial charge in [0.25, 0.3) is 5.56 Å². The molecule has 2 heterocycles. The zero-order valence-corrected chi connectivity index (χ0v) is 18.2. The molecular weight excluding hydrogens is 382 g/mol. The molecule has 0 bridgehead atoms. The lowest BCUT2D eigenvalue weighted by Crippen LogP contribution is -2.22. The maximum absolute atomic E-state index is 13.1. The normalized spacial score (nSPS) is 14.6. The highest BCUT2D eigenvalue weighted by Crippen LogP contribution is 2.49. The molecule has 0 saturated heterocycles. The average Bonchev–Trinajstić information content (AvgIpc) is 3.17. The van der Waals surface area contributed by atoms with E-state index in [1.807, 2.05) is 43.3 Å². The van der Waals surface area contributed by atoms with Crippen LogP contribution in [0, 0.1) is 6.92 Å². The Balaban J connectivity index is 1.66. The molecule has 5 rings (SSSR count). The maximum Gasteiger partial charge on any atom is 0.279 e. The van der Waals surface area contributed by atoms with Gasteiger partial charge in [-0.2, -0.15) is 0 Å². The number of hydrogen-bond acceptors (Lipinski definition) is 2. The first kappa shape index (κ1) is 19.2. The Hall–Kier alpha value is -3.75. The van der Waals surface area contributed by atoms with Crippen LogP contribution >= 0.6 is 0 Å². The van der Waals surface area contributed by atoms with Gasteiger partial charge in [0.15, 0.2) is 0 Å². The number of nitrogens with one attached hydrogen (secondary N) is 1. The first-order chi connectivity index (χ1) is 14.9. The van der Waals surface area contributed by atoms with Crippen LogP contribution in [-0.4, -0.2) is 16.8 Å². The van der Waals surface area contributed by atoms with Crippen LogP contribution in [-0.2, 0) is 5.41 Å². The summed E-state index contributed by atoms with van der Waals surface area (Å²) in [5.74, 6) is 0. The van der Waals surface area contributed by atoms with Gasteiger partial charge in [0.05, 0.1) is 16.9 Å². The number of allylic oxidation sites excluding steroid dienone is 1. The summed E-state index contributed by atoms with van der Waals surface area (Å²) in [5, 5.41) is 5.69. The Morgan fingerprint density at radius 1 is 0.968 bits per heavy atom. The van der Waals surface area contributed by atoms with Crippen LogP contribution in [0.5, 0.6) is 0 Å². The van der Waals surface area contributed by atoms with Crippen LogP contribution in [0.3, 0.4) is 0 Å². The van der Waals surface area contributed by atoms with Gasteiger partial charge in [0.2, 0.25) is 0 Å². The van der Waals surface area contributed by atoms with Crippen LogP contribution in [0.2, 0.25) is 0 Å². The van der Waals surface area contributed by atoms with Gasteiger partial charge in [-0.1, -0.05) is 54.3 Å². The molecule has 1 aliphatic rings. The number of para-hydroxylation sites is 1. The summed E-state index contributed by atoms with van der Waals surface area (Å²) in [4.78, 5) is 15.3. The van der Waals surface area contributed by atoms with Crippen molar-refractivity contribution in [3.05, 3.63) is 105 Å². The second-order valence-electron chi connectivity index (χ2n) is 8.63. The van der Waals surface area contributed by atoms with E-state index in [1.54, 1.807) is 4.68 Å². The molecule has 0 fully saturated rings. The molecule has 31 heavy (non-hydrogen) atoms. The molecular formula is C27H25N3O. The average molecular weight is 408 g/mol.